The van der Waals surface area contributed by atoms with Crippen molar-refractivity contribution >= 4 is 20.7 Å². The zero-order chi connectivity index (χ0) is 11.1. The van der Waals surface area contributed by atoms with Crippen LogP contribution < -0.4 is 5.56 Å². The second-order valence-electron chi connectivity index (χ2n) is 3.31. The number of sulfone groups is 1. The van der Waals surface area contributed by atoms with Gasteiger partial charge in [0.1, 0.15) is 0 Å². The number of hydrogen-bond donors (Lipinski definition) is 1. The van der Waals surface area contributed by atoms with Gasteiger partial charge in [-0.25, -0.2) is 8.42 Å². The van der Waals surface area contributed by atoms with E-state index in [2.05, 4.69) is 4.98 Å². The van der Waals surface area contributed by atoms with Gasteiger partial charge in [0.25, 0.3) is 0 Å². The summed E-state index contributed by atoms with van der Waals surface area (Å²) in [6.45, 7) is 0. The largest absolute Gasteiger partial charge is 0.322 e. The first kappa shape index (κ1) is 9.92. The number of aromatic amines is 1. The molecule has 0 bridgehead atoms. The summed E-state index contributed by atoms with van der Waals surface area (Å²) < 4.78 is 22.9. The molecule has 1 heterocycles. The monoisotopic (exact) mass is 223 g/mol. The summed E-state index contributed by atoms with van der Waals surface area (Å²) in [5.41, 5.74) is 0.290. The minimum atomic E-state index is -3.26. The Morgan fingerprint density at radius 1 is 1.13 bits per heavy atom. The summed E-state index contributed by atoms with van der Waals surface area (Å²) in [5.74, 6) is 0. The van der Waals surface area contributed by atoms with Gasteiger partial charge in [0.05, 0.1) is 4.90 Å². The average molecular weight is 223 g/mol. The van der Waals surface area contributed by atoms with Crippen LogP contribution in [-0.4, -0.2) is 19.7 Å². The number of nitrogens with one attached hydrogen (secondary N) is 1. The molecular formula is C10H9NO3S. The molecule has 0 saturated heterocycles. The summed E-state index contributed by atoms with van der Waals surface area (Å²) in [6.07, 6.45) is 1.15. The minimum Gasteiger partial charge on any atom is -0.322 e. The number of H-pyrrole nitrogens is 1. The summed E-state index contributed by atoms with van der Waals surface area (Å²) in [4.78, 5) is 13.9. The van der Waals surface area contributed by atoms with Crippen LogP contribution in [0.25, 0.3) is 10.9 Å². The van der Waals surface area contributed by atoms with Gasteiger partial charge in [0.2, 0.25) is 5.56 Å². The maximum absolute atomic E-state index is 11.4. The van der Waals surface area contributed by atoms with Gasteiger partial charge >= 0.3 is 0 Å². The Labute approximate surface area is 86.5 Å². The Kier molecular flexibility index (Phi) is 2.12. The molecule has 78 valence electrons. The third kappa shape index (κ3) is 1.78. The molecule has 4 nitrogen and oxygen atoms in total. The molecule has 0 saturated carbocycles. The Bertz CT molecular complexity index is 670. The fourth-order valence-electron chi connectivity index (χ4n) is 1.48. The van der Waals surface area contributed by atoms with E-state index in [1.165, 1.54) is 18.2 Å². The zero-order valence-corrected chi connectivity index (χ0v) is 8.84. The van der Waals surface area contributed by atoms with E-state index in [1.807, 2.05) is 0 Å². The molecule has 0 radical (unpaired) electrons. The predicted octanol–water partition coefficient (Wildman–Crippen LogP) is 0.932. The molecule has 0 amide bonds. The van der Waals surface area contributed by atoms with Crippen molar-refractivity contribution in [1.29, 1.82) is 0 Å². The van der Waals surface area contributed by atoms with Crippen molar-refractivity contribution in [2.24, 2.45) is 0 Å². The molecule has 1 aromatic heterocycles. The number of pyridine rings is 1. The van der Waals surface area contributed by atoms with E-state index in [4.69, 9.17) is 0 Å². The SMILES string of the molecule is CS(=O)(=O)c1cccc2[nH]c(=O)ccc12. The fourth-order valence-corrected chi connectivity index (χ4v) is 2.38. The maximum Gasteiger partial charge on any atom is 0.248 e. The van der Waals surface area contributed by atoms with E-state index in [9.17, 15) is 13.2 Å². The van der Waals surface area contributed by atoms with Crippen molar-refractivity contribution in [3.63, 3.8) is 0 Å². The molecule has 0 aliphatic carbocycles. The first-order valence-corrected chi connectivity index (χ1v) is 6.20. The fraction of sp³-hybridized carbons (Fsp3) is 0.100. The van der Waals surface area contributed by atoms with Crippen LogP contribution >= 0.6 is 0 Å². The van der Waals surface area contributed by atoms with Crippen molar-refractivity contribution in [2.75, 3.05) is 6.26 Å². The molecule has 0 unspecified atom stereocenters. The van der Waals surface area contributed by atoms with E-state index in [1.54, 1.807) is 12.1 Å². The van der Waals surface area contributed by atoms with Gasteiger partial charge in [-0.2, -0.15) is 0 Å². The highest BCUT2D eigenvalue weighted by molar-refractivity contribution is 7.91. The summed E-state index contributed by atoms with van der Waals surface area (Å²) in [6, 6.07) is 7.64. The number of hydrogen-bond acceptors (Lipinski definition) is 3. The molecule has 0 atom stereocenters. The van der Waals surface area contributed by atoms with Crippen LogP contribution in [0.4, 0.5) is 0 Å². The van der Waals surface area contributed by atoms with Gasteiger partial charge in [-0.15, -0.1) is 0 Å². The van der Waals surface area contributed by atoms with Gasteiger partial charge in [-0.3, -0.25) is 4.79 Å². The molecule has 0 spiro atoms. The van der Waals surface area contributed by atoms with Crippen LogP contribution in [0.15, 0.2) is 40.0 Å². The normalized spacial score (nSPS) is 11.8. The Morgan fingerprint density at radius 3 is 2.53 bits per heavy atom. The highest BCUT2D eigenvalue weighted by Crippen LogP contribution is 2.19. The van der Waals surface area contributed by atoms with Crippen LogP contribution in [0.2, 0.25) is 0 Å². The average Bonchev–Trinajstić information content (AvgIpc) is 2.15. The lowest BCUT2D eigenvalue weighted by molar-refractivity contribution is 0.602. The lowest BCUT2D eigenvalue weighted by Gasteiger charge is -2.03. The predicted molar refractivity (Wildman–Crippen MR) is 57.7 cm³/mol. The number of fused-ring (bicyclic) bond motifs is 1. The van der Waals surface area contributed by atoms with Crippen molar-refractivity contribution in [3.05, 3.63) is 40.7 Å². The van der Waals surface area contributed by atoms with Gasteiger partial charge in [-0.1, -0.05) is 6.07 Å². The second kappa shape index (κ2) is 3.20. The molecule has 2 rings (SSSR count). The Hall–Kier alpha value is -1.62. The van der Waals surface area contributed by atoms with Crippen molar-refractivity contribution in [3.8, 4) is 0 Å². The van der Waals surface area contributed by atoms with E-state index in [0.717, 1.165) is 6.26 Å². The molecular weight excluding hydrogens is 214 g/mol. The summed E-state index contributed by atoms with van der Waals surface area (Å²) >= 11 is 0. The highest BCUT2D eigenvalue weighted by atomic mass is 32.2. The van der Waals surface area contributed by atoms with Crippen molar-refractivity contribution in [2.45, 2.75) is 4.90 Å². The third-order valence-corrected chi connectivity index (χ3v) is 3.28. The van der Waals surface area contributed by atoms with Crippen LogP contribution in [-0.2, 0) is 9.84 Å². The van der Waals surface area contributed by atoms with Crippen LogP contribution in [0.1, 0.15) is 0 Å². The van der Waals surface area contributed by atoms with E-state index >= 15 is 0 Å². The lowest BCUT2D eigenvalue weighted by Crippen LogP contribution is -2.05. The van der Waals surface area contributed by atoms with Crippen LogP contribution in [0.3, 0.4) is 0 Å². The van der Waals surface area contributed by atoms with Crippen molar-refractivity contribution in [1.82, 2.24) is 4.98 Å². The molecule has 0 aliphatic heterocycles. The van der Waals surface area contributed by atoms with E-state index in [0.29, 0.717) is 10.9 Å². The molecule has 0 fully saturated rings. The standard InChI is InChI=1S/C10H9NO3S/c1-15(13,14)9-4-2-3-8-7(9)5-6-10(12)11-8/h2-6H,1H3,(H,11,12). The number of benzene rings is 1. The smallest absolute Gasteiger partial charge is 0.248 e. The second-order valence-corrected chi connectivity index (χ2v) is 5.30. The van der Waals surface area contributed by atoms with Crippen molar-refractivity contribution < 1.29 is 8.42 Å². The zero-order valence-electron chi connectivity index (χ0n) is 8.02. The van der Waals surface area contributed by atoms with Crippen LogP contribution in [0.5, 0.6) is 0 Å². The minimum absolute atomic E-state index is 0.233. The molecule has 5 heteroatoms. The van der Waals surface area contributed by atoms with E-state index < -0.39 is 9.84 Å². The molecule has 1 aromatic carbocycles. The first-order chi connectivity index (χ1) is 6.98. The van der Waals surface area contributed by atoms with Gasteiger partial charge in [-0.05, 0) is 18.2 Å². The Morgan fingerprint density at radius 2 is 1.87 bits per heavy atom. The molecule has 1 N–H and O–H groups in total. The Balaban J connectivity index is 2.95. The van der Waals surface area contributed by atoms with Gasteiger partial charge in [0.15, 0.2) is 9.84 Å². The van der Waals surface area contributed by atoms with Crippen LogP contribution in [0, 0.1) is 0 Å². The molecule has 2 aromatic rings. The quantitative estimate of drug-likeness (QED) is 0.782. The maximum atomic E-state index is 11.4. The summed E-state index contributed by atoms with van der Waals surface area (Å²) in [5, 5.41) is 0.541. The first-order valence-electron chi connectivity index (χ1n) is 4.30. The molecule has 0 aliphatic rings. The topological polar surface area (TPSA) is 67.0 Å². The lowest BCUT2D eigenvalue weighted by atomic mass is 10.2. The van der Waals surface area contributed by atoms with E-state index in [-0.39, 0.29) is 10.5 Å². The molecule has 15 heavy (non-hydrogen) atoms. The van der Waals surface area contributed by atoms with Gasteiger partial charge in [0, 0.05) is 23.2 Å². The number of rotatable bonds is 1. The number of aromatic nitrogens is 1. The third-order valence-electron chi connectivity index (χ3n) is 2.12. The highest BCUT2D eigenvalue weighted by Gasteiger charge is 2.10. The summed E-state index contributed by atoms with van der Waals surface area (Å²) in [7, 11) is -3.26. The van der Waals surface area contributed by atoms with Gasteiger partial charge < -0.3 is 4.98 Å².